The Kier molecular flexibility index (Phi) is 11.2. The molecule has 3 N–H and O–H groups in total. The van der Waals surface area contributed by atoms with E-state index < -0.39 is 40.9 Å². The number of nitrogen functional groups attached to an aromatic ring is 1. The molecular weight excluding hydrogens is 667 g/mol. The van der Waals surface area contributed by atoms with Crippen LogP contribution in [0.3, 0.4) is 0 Å². The van der Waals surface area contributed by atoms with Gasteiger partial charge in [-0.3, -0.25) is 19.3 Å². The van der Waals surface area contributed by atoms with Crippen LogP contribution in [0.2, 0.25) is 0 Å². The van der Waals surface area contributed by atoms with E-state index in [1.165, 1.54) is 22.7 Å². The number of thiazole rings is 1. The maximum atomic E-state index is 13.9. The minimum atomic E-state index is -0.973. The number of carbonyl (C=O) groups excluding carboxylic acids is 4. The van der Waals surface area contributed by atoms with Crippen LogP contribution >= 0.6 is 23.1 Å². The molecule has 0 bridgehead atoms. The zero-order valence-electron chi connectivity index (χ0n) is 27.3. The van der Waals surface area contributed by atoms with Gasteiger partial charge in [0, 0.05) is 17.6 Å². The van der Waals surface area contributed by atoms with Crippen LogP contribution in [0.25, 0.3) is 0 Å². The SMILES string of the molecule is C=CC1=C(C(=O)OC(c2ccccc2)c2ccccc2)N2C(=O)C(NC(=O)C(=NOCCCC(=O)OC(C)(C)C)c3csc(N)n3)[C@@H]2SC1. The zero-order chi connectivity index (χ0) is 35.1. The van der Waals surface area contributed by atoms with Gasteiger partial charge in [-0.1, -0.05) is 78.5 Å². The van der Waals surface area contributed by atoms with Crippen LogP contribution in [0.4, 0.5) is 5.13 Å². The van der Waals surface area contributed by atoms with Crippen LogP contribution in [-0.2, 0) is 33.5 Å². The first-order valence-corrected chi connectivity index (χ1v) is 17.4. The second kappa shape index (κ2) is 15.5. The lowest BCUT2D eigenvalue weighted by molar-refractivity contribution is -0.155. The lowest BCUT2D eigenvalue weighted by Crippen LogP contribution is -2.71. The molecule has 0 aliphatic carbocycles. The summed E-state index contributed by atoms with van der Waals surface area (Å²) in [4.78, 5) is 63.9. The molecule has 2 aliphatic heterocycles. The molecule has 2 amide bonds. The molecule has 1 saturated heterocycles. The Bertz CT molecular complexity index is 1730. The van der Waals surface area contributed by atoms with Crippen LogP contribution in [0.5, 0.6) is 0 Å². The van der Waals surface area contributed by atoms with Crippen molar-refractivity contribution in [3.05, 3.63) is 107 Å². The van der Waals surface area contributed by atoms with E-state index in [1.54, 1.807) is 26.2 Å². The molecule has 2 atom stereocenters. The fourth-order valence-electron chi connectivity index (χ4n) is 5.13. The molecule has 0 radical (unpaired) electrons. The normalized spacial score (nSPS) is 17.6. The summed E-state index contributed by atoms with van der Waals surface area (Å²) in [7, 11) is 0. The minimum absolute atomic E-state index is 0.0256. The number of aromatic nitrogens is 1. The summed E-state index contributed by atoms with van der Waals surface area (Å²) in [5.41, 5.74) is 7.35. The van der Waals surface area contributed by atoms with E-state index in [9.17, 15) is 19.2 Å². The van der Waals surface area contributed by atoms with Gasteiger partial charge in [0.25, 0.3) is 11.8 Å². The van der Waals surface area contributed by atoms with E-state index in [4.69, 9.17) is 20.0 Å². The van der Waals surface area contributed by atoms with Crippen molar-refractivity contribution in [3.63, 3.8) is 0 Å². The predicted octanol–water partition coefficient (Wildman–Crippen LogP) is 4.74. The van der Waals surface area contributed by atoms with Crippen molar-refractivity contribution in [2.45, 2.75) is 56.7 Å². The Morgan fingerprint density at radius 3 is 2.35 bits per heavy atom. The summed E-state index contributed by atoms with van der Waals surface area (Å²) in [6.45, 7) is 9.22. The van der Waals surface area contributed by atoms with Crippen molar-refractivity contribution in [2.75, 3.05) is 18.1 Å². The molecule has 14 heteroatoms. The summed E-state index contributed by atoms with van der Waals surface area (Å²) in [6.07, 6.45) is 1.22. The predicted molar refractivity (Wildman–Crippen MR) is 187 cm³/mol. The van der Waals surface area contributed by atoms with E-state index >= 15 is 0 Å². The maximum absolute atomic E-state index is 13.9. The number of fused-ring (bicyclic) bond motifs is 1. The van der Waals surface area contributed by atoms with Crippen molar-refractivity contribution in [1.29, 1.82) is 0 Å². The number of β-lactam (4-membered cyclic amide) rings is 1. The van der Waals surface area contributed by atoms with Crippen LogP contribution < -0.4 is 11.1 Å². The number of thioether (sulfide) groups is 1. The first-order chi connectivity index (χ1) is 23.5. The molecule has 12 nitrogen and oxygen atoms in total. The van der Waals surface area contributed by atoms with Gasteiger partial charge in [0.1, 0.15) is 35.0 Å². The average molecular weight is 704 g/mol. The van der Waals surface area contributed by atoms with Gasteiger partial charge in [0.15, 0.2) is 16.9 Å². The van der Waals surface area contributed by atoms with Gasteiger partial charge in [-0.05, 0) is 43.9 Å². The van der Waals surface area contributed by atoms with Gasteiger partial charge in [0.2, 0.25) is 0 Å². The minimum Gasteiger partial charge on any atom is -0.460 e. The molecular formula is C35H37N5O7S2. The summed E-state index contributed by atoms with van der Waals surface area (Å²) < 4.78 is 11.4. The molecule has 0 spiro atoms. The highest BCUT2D eigenvalue weighted by molar-refractivity contribution is 8.00. The highest BCUT2D eigenvalue weighted by Crippen LogP contribution is 2.42. The third kappa shape index (κ3) is 8.56. The van der Waals surface area contributed by atoms with Gasteiger partial charge in [-0.2, -0.15) is 0 Å². The molecule has 2 aliphatic rings. The van der Waals surface area contributed by atoms with E-state index in [1.807, 2.05) is 60.7 Å². The first kappa shape index (κ1) is 35.4. The number of hydrogen-bond acceptors (Lipinski definition) is 12. The highest BCUT2D eigenvalue weighted by atomic mass is 32.2. The number of nitrogens with one attached hydrogen (secondary N) is 1. The molecule has 1 unspecified atom stereocenters. The van der Waals surface area contributed by atoms with Crippen LogP contribution in [-0.4, -0.2) is 68.7 Å². The molecule has 1 aromatic heterocycles. The van der Waals surface area contributed by atoms with Crippen molar-refractivity contribution in [3.8, 4) is 0 Å². The van der Waals surface area contributed by atoms with Crippen LogP contribution in [0.15, 0.2) is 95.1 Å². The zero-order valence-corrected chi connectivity index (χ0v) is 28.9. The Balaban J connectivity index is 1.29. The van der Waals surface area contributed by atoms with Crippen LogP contribution in [0.1, 0.15) is 56.5 Å². The number of esters is 2. The summed E-state index contributed by atoms with van der Waals surface area (Å²) in [5.74, 6) is -1.91. The fourth-order valence-corrected chi connectivity index (χ4v) is 7.02. The summed E-state index contributed by atoms with van der Waals surface area (Å²) >= 11 is 2.49. The Hall–Kier alpha value is -4.95. The Morgan fingerprint density at radius 1 is 1.12 bits per heavy atom. The quantitative estimate of drug-likeness (QED) is 0.0836. The van der Waals surface area contributed by atoms with Crippen molar-refractivity contribution in [1.82, 2.24) is 15.2 Å². The number of nitrogens with two attached hydrogens (primary N) is 1. The topological polar surface area (TPSA) is 163 Å². The lowest BCUT2D eigenvalue weighted by Gasteiger charge is -2.49. The highest BCUT2D eigenvalue weighted by Gasteiger charge is 2.54. The number of rotatable bonds is 13. The van der Waals surface area contributed by atoms with Crippen molar-refractivity contribution < 1.29 is 33.5 Å². The molecule has 2 aromatic carbocycles. The number of nitrogens with zero attached hydrogens (tertiary/aromatic N) is 3. The molecule has 49 heavy (non-hydrogen) atoms. The number of carbonyl (C=O) groups is 4. The number of hydrogen-bond donors (Lipinski definition) is 2. The molecule has 5 rings (SSSR count). The number of benzene rings is 2. The number of allylic oxidation sites excluding steroid dienone is 1. The fraction of sp³-hybridized carbons (Fsp3) is 0.314. The summed E-state index contributed by atoms with van der Waals surface area (Å²) in [6, 6.07) is 17.7. The number of oxime groups is 1. The number of anilines is 1. The summed E-state index contributed by atoms with van der Waals surface area (Å²) in [5, 5.41) is 7.89. The first-order valence-electron chi connectivity index (χ1n) is 15.5. The van der Waals surface area contributed by atoms with Crippen molar-refractivity contribution >= 4 is 57.7 Å². The molecule has 3 heterocycles. The maximum Gasteiger partial charge on any atom is 0.356 e. The Morgan fingerprint density at radius 2 is 1.78 bits per heavy atom. The van der Waals surface area contributed by atoms with Gasteiger partial charge in [-0.25, -0.2) is 9.78 Å². The molecule has 1 fully saturated rings. The largest absolute Gasteiger partial charge is 0.460 e. The van der Waals surface area contributed by atoms with E-state index in [0.717, 1.165) is 22.5 Å². The smallest absolute Gasteiger partial charge is 0.356 e. The van der Waals surface area contributed by atoms with E-state index in [0.29, 0.717) is 17.7 Å². The lowest BCUT2D eigenvalue weighted by atomic mass is 10.0. The van der Waals surface area contributed by atoms with E-state index in [-0.39, 0.29) is 41.2 Å². The molecule has 3 aromatic rings. The second-order valence-corrected chi connectivity index (χ2v) is 14.1. The average Bonchev–Trinajstić information content (AvgIpc) is 3.52. The third-order valence-corrected chi connectivity index (χ3v) is 9.30. The van der Waals surface area contributed by atoms with Crippen LogP contribution in [0, 0.1) is 0 Å². The third-order valence-electron chi connectivity index (χ3n) is 7.33. The van der Waals surface area contributed by atoms with Gasteiger partial charge in [0.05, 0.1) is 0 Å². The van der Waals surface area contributed by atoms with Gasteiger partial charge in [-0.15, -0.1) is 23.1 Å². The second-order valence-electron chi connectivity index (χ2n) is 12.1. The Labute approximate surface area is 292 Å². The van der Waals surface area contributed by atoms with Crippen molar-refractivity contribution in [2.24, 2.45) is 5.16 Å². The molecule has 256 valence electrons. The van der Waals surface area contributed by atoms with Gasteiger partial charge >= 0.3 is 11.9 Å². The van der Waals surface area contributed by atoms with Gasteiger partial charge < -0.3 is 25.4 Å². The number of ether oxygens (including phenoxy) is 2. The van der Waals surface area contributed by atoms with E-state index in [2.05, 4.69) is 22.0 Å². The number of amides is 2. The standard InChI is InChI=1S/C35H37N5O7S2/c1-5-21-19-48-32-27(38-30(42)26(24-20-49-34(36)37-24)39-45-18-12-17-25(41)47-35(2,3)4)31(43)40(32)28(21)33(44)46-29(22-13-8-6-9-14-22)23-15-10-7-11-16-23/h5-11,13-16,20,27,29,32H,1,12,17-19H2,2-4H3,(H2,36,37)(H,38,42)/t27?,32-/m0/s1. The monoisotopic (exact) mass is 703 g/mol. The molecule has 0 saturated carbocycles.